The second kappa shape index (κ2) is 11.0. The SMILES string of the molecule is CN(Cc1ccccc1Cl)C(=O)NCc1cccc(OCCN2CCOCC2)c1. The molecule has 0 atom stereocenters. The van der Waals surface area contributed by atoms with Crippen molar-refractivity contribution in [3.05, 3.63) is 64.7 Å². The molecule has 156 valence electrons. The van der Waals surface area contributed by atoms with Gasteiger partial charge in [-0.05, 0) is 29.3 Å². The summed E-state index contributed by atoms with van der Waals surface area (Å²) in [7, 11) is 1.75. The summed E-state index contributed by atoms with van der Waals surface area (Å²) < 4.78 is 11.2. The first-order valence-corrected chi connectivity index (χ1v) is 10.2. The average molecular weight is 418 g/mol. The maximum atomic E-state index is 12.4. The molecule has 0 spiro atoms. The molecule has 0 aliphatic carbocycles. The summed E-state index contributed by atoms with van der Waals surface area (Å²) in [5.41, 5.74) is 1.91. The van der Waals surface area contributed by atoms with E-state index < -0.39 is 0 Å². The van der Waals surface area contributed by atoms with Gasteiger partial charge >= 0.3 is 6.03 Å². The highest BCUT2D eigenvalue weighted by Crippen LogP contribution is 2.17. The maximum absolute atomic E-state index is 12.4. The van der Waals surface area contributed by atoms with Crippen LogP contribution in [0.1, 0.15) is 11.1 Å². The maximum Gasteiger partial charge on any atom is 0.317 e. The van der Waals surface area contributed by atoms with Gasteiger partial charge in [-0.3, -0.25) is 4.90 Å². The number of carbonyl (C=O) groups is 1. The van der Waals surface area contributed by atoms with Crippen LogP contribution in [-0.4, -0.2) is 62.3 Å². The van der Waals surface area contributed by atoms with E-state index in [0.29, 0.717) is 24.7 Å². The first-order valence-electron chi connectivity index (χ1n) is 9.86. The molecule has 0 unspecified atom stereocenters. The molecule has 6 nitrogen and oxygen atoms in total. The highest BCUT2D eigenvalue weighted by molar-refractivity contribution is 6.31. The van der Waals surface area contributed by atoms with Crippen LogP contribution in [0, 0.1) is 0 Å². The zero-order valence-corrected chi connectivity index (χ0v) is 17.5. The zero-order valence-electron chi connectivity index (χ0n) is 16.8. The van der Waals surface area contributed by atoms with Crippen LogP contribution in [0.25, 0.3) is 0 Å². The topological polar surface area (TPSA) is 54.0 Å². The molecule has 3 rings (SSSR count). The van der Waals surface area contributed by atoms with Crippen molar-refractivity contribution in [1.29, 1.82) is 0 Å². The van der Waals surface area contributed by atoms with Gasteiger partial charge in [-0.2, -0.15) is 0 Å². The summed E-state index contributed by atoms with van der Waals surface area (Å²) in [6.45, 7) is 5.91. The van der Waals surface area contributed by atoms with Crippen LogP contribution >= 0.6 is 11.6 Å². The number of hydrogen-bond acceptors (Lipinski definition) is 4. The third-order valence-corrected chi connectivity index (χ3v) is 5.20. The standard InChI is InChI=1S/C22H28ClN3O3/c1-25(17-19-6-2-3-8-21(19)23)22(27)24-16-18-5-4-7-20(15-18)29-14-11-26-9-12-28-13-10-26/h2-8,15H,9-14,16-17H2,1H3,(H,24,27). The lowest BCUT2D eigenvalue weighted by Gasteiger charge is -2.26. The van der Waals surface area contributed by atoms with E-state index in [1.807, 2.05) is 48.5 Å². The molecular formula is C22H28ClN3O3. The van der Waals surface area contributed by atoms with Gasteiger partial charge in [0, 0.05) is 44.8 Å². The van der Waals surface area contributed by atoms with Crippen molar-refractivity contribution < 1.29 is 14.3 Å². The minimum Gasteiger partial charge on any atom is -0.492 e. The fourth-order valence-electron chi connectivity index (χ4n) is 3.13. The Balaban J connectivity index is 1.43. The zero-order chi connectivity index (χ0) is 20.5. The molecular weight excluding hydrogens is 390 g/mol. The second-order valence-corrected chi connectivity index (χ2v) is 7.46. The van der Waals surface area contributed by atoms with E-state index in [2.05, 4.69) is 10.2 Å². The molecule has 0 saturated carbocycles. The van der Waals surface area contributed by atoms with Crippen LogP contribution in [-0.2, 0) is 17.8 Å². The van der Waals surface area contributed by atoms with Crippen molar-refractivity contribution >= 4 is 17.6 Å². The summed E-state index contributed by atoms with van der Waals surface area (Å²) in [6.07, 6.45) is 0. The van der Waals surface area contributed by atoms with E-state index in [1.54, 1.807) is 11.9 Å². The van der Waals surface area contributed by atoms with Gasteiger partial charge in [0.15, 0.2) is 0 Å². The molecule has 1 aliphatic heterocycles. The molecule has 1 aliphatic rings. The highest BCUT2D eigenvalue weighted by atomic mass is 35.5. The fraction of sp³-hybridized carbons (Fsp3) is 0.409. The van der Waals surface area contributed by atoms with Gasteiger partial charge in [0.05, 0.1) is 13.2 Å². The number of rotatable bonds is 8. The molecule has 1 saturated heterocycles. The number of amides is 2. The minimum atomic E-state index is -0.149. The van der Waals surface area contributed by atoms with Crippen molar-refractivity contribution in [3.8, 4) is 5.75 Å². The van der Waals surface area contributed by atoms with Crippen LogP contribution in [0.5, 0.6) is 5.75 Å². The smallest absolute Gasteiger partial charge is 0.317 e. The number of benzene rings is 2. The Labute approximate surface area is 177 Å². The molecule has 2 aromatic carbocycles. The third-order valence-electron chi connectivity index (χ3n) is 4.83. The van der Waals surface area contributed by atoms with Crippen LogP contribution in [0.2, 0.25) is 5.02 Å². The lowest BCUT2D eigenvalue weighted by molar-refractivity contribution is 0.0322. The molecule has 7 heteroatoms. The normalized spacial score (nSPS) is 14.4. The summed E-state index contributed by atoms with van der Waals surface area (Å²) in [4.78, 5) is 16.3. The Morgan fingerprint density at radius 1 is 1.21 bits per heavy atom. The van der Waals surface area contributed by atoms with Crippen molar-refractivity contribution in [3.63, 3.8) is 0 Å². The largest absolute Gasteiger partial charge is 0.492 e. The second-order valence-electron chi connectivity index (χ2n) is 7.06. The van der Waals surface area contributed by atoms with Crippen molar-refractivity contribution in [2.75, 3.05) is 46.5 Å². The van der Waals surface area contributed by atoms with Gasteiger partial charge in [0.1, 0.15) is 12.4 Å². The van der Waals surface area contributed by atoms with Gasteiger partial charge < -0.3 is 19.7 Å². The van der Waals surface area contributed by atoms with Crippen LogP contribution in [0.15, 0.2) is 48.5 Å². The Hall–Kier alpha value is -2.28. The van der Waals surface area contributed by atoms with Gasteiger partial charge in [0.2, 0.25) is 0 Å². The van der Waals surface area contributed by atoms with Crippen molar-refractivity contribution in [2.45, 2.75) is 13.1 Å². The quantitative estimate of drug-likeness (QED) is 0.715. The Morgan fingerprint density at radius 2 is 2.00 bits per heavy atom. The van der Waals surface area contributed by atoms with Crippen LogP contribution < -0.4 is 10.1 Å². The van der Waals surface area contributed by atoms with E-state index in [4.69, 9.17) is 21.1 Å². The molecule has 0 bridgehead atoms. The van der Waals surface area contributed by atoms with Gasteiger partial charge in [-0.25, -0.2) is 4.79 Å². The molecule has 2 amide bonds. The predicted octanol–water partition coefficient (Wildman–Crippen LogP) is 3.39. The average Bonchev–Trinajstić information content (AvgIpc) is 2.74. The highest BCUT2D eigenvalue weighted by Gasteiger charge is 2.11. The van der Waals surface area contributed by atoms with Crippen molar-refractivity contribution in [2.24, 2.45) is 0 Å². The third kappa shape index (κ3) is 6.92. The van der Waals surface area contributed by atoms with E-state index in [0.717, 1.165) is 49.7 Å². The molecule has 0 aromatic heterocycles. The first kappa shape index (κ1) is 21.4. The molecule has 1 fully saturated rings. The molecule has 29 heavy (non-hydrogen) atoms. The van der Waals surface area contributed by atoms with Crippen LogP contribution in [0.3, 0.4) is 0 Å². The number of morpholine rings is 1. The summed E-state index contributed by atoms with van der Waals surface area (Å²) in [6, 6.07) is 15.2. The van der Waals surface area contributed by atoms with E-state index >= 15 is 0 Å². The number of nitrogens with one attached hydrogen (secondary N) is 1. The van der Waals surface area contributed by atoms with Gasteiger partial charge in [-0.15, -0.1) is 0 Å². The summed E-state index contributed by atoms with van der Waals surface area (Å²) in [5.74, 6) is 0.814. The number of halogens is 1. The van der Waals surface area contributed by atoms with E-state index in [1.165, 1.54) is 0 Å². The predicted molar refractivity (Wildman–Crippen MR) is 114 cm³/mol. The lowest BCUT2D eigenvalue weighted by Crippen LogP contribution is -2.38. The van der Waals surface area contributed by atoms with Crippen molar-refractivity contribution in [1.82, 2.24) is 15.1 Å². The molecule has 1 heterocycles. The summed E-state index contributed by atoms with van der Waals surface area (Å²) in [5, 5.41) is 3.60. The Bertz CT molecular complexity index is 796. The molecule has 0 radical (unpaired) electrons. The number of hydrogen-bond donors (Lipinski definition) is 1. The minimum absolute atomic E-state index is 0.149. The van der Waals surface area contributed by atoms with E-state index in [-0.39, 0.29) is 6.03 Å². The Morgan fingerprint density at radius 3 is 2.79 bits per heavy atom. The first-order chi connectivity index (χ1) is 14.1. The monoisotopic (exact) mass is 417 g/mol. The Kier molecular flexibility index (Phi) is 8.16. The summed E-state index contributed by atoms with van der Waals surface area (Å²) >= 11 is 6.17. The number of carbonyl (C=O) groups excluding carboxylic acids is 1. The number of nitrogens with zero attached hydrogens (tertiary/aromatic N) is 2. The van der Waals surface area contributed by atoms with Gasteiger partial charge in [-0.1, -0.05) is 41.9 Å². The number of ether oxygens (including phenoxy) is 2. The van der Waals surface area contributed by atoms with Crippen LogP contribution in [0.4, 0.5) is 4.79 Å². The van der Waals surface area contributed by atoms with E-state index in [9.17, 15) is 4.79 Å². The lowest BCUT2D eigenvalue weighted by atomic mass is 10.2. The fourth-order valence-corrected chi connectivity index (χ4v) is 3.32. The van der Waals surface area contributed by atoms with Gasteiger partial charge in [0.25, 0.3) is 0 Å². The molecule has 2 aromatic rings. The molecule has 1 N–H and O–H groups in total. The number of urea groups is 1.